The molecule has 1 atom stereocenters. The van der Waals surface area contributed by atoms with E-state index in [4.69, 9.17) is 5.11 Å². The maximum absolute atomic E-state index is 11.7. The van der Waals surface area contributed by atoms with Crippen LogP contribution in [-0.4, -0.2) is 23.7 Å². The van der Waals surface area contributed by atoms with Crippen molar-refractivity contribution in [3.8, 4) is 0 Å². The van der Waals surface area contributed by atoms with Crippen molar-refractivity contribution < 1.29 is 9.90 Å². The number of amides is 1. The van der Waals surface area contributed by atoms with Gasteiger partial charge in [0.05, 0.1) is 17.5 Å². The summed E-state index contributed by atoms with van der Waals surface area (Å²) >= 11 is 5.49. The number of rotatable bonds is 4. The van der Waals surface area contributed by atoms with E-state index in [1.54, 1.807) is 11.4 Å². The third-order valence-corrected chi connectivity index (χ3v) is 3.49. The molecule has 84 valence electrons. The minimum atomic E-state index is -0.192. The van der Waals surface area contributed by atoms with Gasteiger partial charge in [-0.3, -0.25) is 4.79 Å². The van der Waals surface area contributed by atoms with E-state index in [1.807, 2.05) is 13.8 Å². The van der Waals surface area contributed by atoms with Crippen molar-refractivity contribution in [2.75, 3.05) is 6.61 Å². The van der Waals surface area contributed by atoms with Crippen molar-refractivity contribution in [3.63, 3.8) is 0 Å². The molecule has 0 aliphatic carbocycles. The summed E-state index contributed by atoms with van der Waals surface area (Å²) in [6, 6.07) is 1.53. The van der Waals surface area contributed by atoms with Crippen molar-refractivity contribution >= 4 is 29.9 Å². The predicted octanol–water partition coefficient (Wildman–Crippen LogP) is 1.78. The molecule has 1 rings (SSSR count). The van der Waals surface area contributed by atoms with E-state index < -0.39 is 0 Å². The Balaban J connectivity index is 2.62. The molecular weight excluding hydrogens is 230 g/mol. The zero-order valence-electron chi connectivity index (χ0n) is 8.73. The topological polar surface area (TPSA) is 49.3 Å². The lowest BCUT2D eigenvalue weighted by Crippen LogP contribution is -2.40. The highest BCUT2D eigenvalue weighted by molar-refractivity contribution is 7.80. The average molecular weight is 245 g/mol. The van der Waals surface area contributed by atoms with Gasteiger partial charge >= 0.3 is 0 Å². The fraction of sp³-hybridized carbons (Fsp3) is 0.500. The summed E-state index contributed by atoms with van der Waals surface area (Å²) in [5, 5.41) is 13.7. The largest absolute Gasteiger partial charge is 0.394 e. The number of nitrogens with one attached hydrogen (secondary N) is 1. The molecule has 1 aromatic rings. The van der Waals surface area contributed by atoms with E-state index in [2.05, 4.69) is 17.9 Å². The lowest BCUT2D eigenvalue weighted by Gasteiger charge is -2.19. The van der Waals surface area contributed by atoms with Gasteiger partial charge in [0.2, 0.25) is 0 Å². The first-order valence-electron chi connectivity index (χ1n) is 4.73. The SMILES string of the molecule is CC(C)C(CO)NC(=O)c1cc(S)cs1. The fourth-order valence-electron chi connectivity index (χ4n) is 1.11. The van der Waals surface area contributed by atoms with Crippen LogP contribution >= 0.6 is 24.0 Å². The van der Waals surface area contributed by atoms with Gasteiger partial charge in [0.15, 0.2) is 0 Å². The first-order chi connectivity index (χ1) is 7.04. The molecule has 3 nitrogen and oxygen atoms in total. The van der Waals surface area contributed by atoms with Crippen molar-refractivity contribution in [3.05, 3.63) is 16.3 Å². The molecule has 0 saturated carbocycles. The second kappa shape index (κ2) is 5.53. The van der Waals surface area contributed by atoms with Crippen molar-refractivity contribution in [1.82, 2.24) is 5.32 Å². The fourth-order valence-corrected chi connectivity index (χ4v) is 2.16. The molecule has 1 aromatic heterocycles. The van der Waals surface area contributed by atoms with Crippen LogP contribution in [0.15, 0.2) is 16.3 Å². The summed E-state index contributed by atoms with van der Waals surface area (Å²) in [6.07, 6.45) is 0. The Morgan fingerprint density at radius 1 is 1.67 bits per heavy atom. The molecule has 0 radical (unpaired) electrons. The van der Waals surface area contributed by atoms with Gasteiger partial charge in [0.25, 0.3) is 5.91 Å². The molecule has 1 amide bonds. The maximum Gasteiger partial charge on any atom is 0.261 e. The Kier molecular flexibility index (Phi) is 4.63. The van der Waals surface area contributed by atoms with Crippen molar-refractivity contribution in [1.29, 1.82) is 0 Å². The van der Waals surface area contributed by atoms with Gasteiger partial charge in [-0.25, -0.2) is 0 Å². The molecular formula is C10H15NO2S2. The second-order valence-electron chi connectivity index (χ2n) is 3.68. The maximum atomic E-state index is 11.7. The van der Waals surface area contributed by atoms with Crippen LogP contribution in [0.3, 0.4) is 0 Å². The van der Waals surface area contributed by atoms with Gasteiger partial charge in [0.1, 0.15) is 0 Å². The van der Waals surface area contributed by atoms with E-state index in [0.29, 0.717) is 4.88 Å². The molecule has 0 bridgehead atoms. The Morgan fingerprint density at radius 2 is 2.33 bits per heavy atom. The van der Waals surface area contributed by atoms with E-state index in [0.717, 1.165) is 4.90 Å². The predicted molar refractivity (Wildman–Crippen MR) is 64.7 cm³/mol. The number of aliphatic hydroxyl groups excluding tert-OH is 1. The van der Waals surface area contributed by atoms with Gasteiger partial charge in [-0.1, -0.05) is 13.8 Å². The summed E-state index contributed by atoms with van der Waals surface area (Å²) < 4.78 is 0. The summed E-state index contributed by atoms with van der Waals surface area (Å²) in [6.45, 7) is 3.88. The van der Waals surface area contributed by atoms with Gasteiger partial charge in [-0.15, -0.1) is 24.0 Å². The normalized spacial score (nSPS) is 12.9. The number of thiol groups is 1. The molecule has 0 aromatic carbocycles. The number of aliphatic hydroxyl groups is 1. The highest BCUT2D eigenvalue weighted by Gasteiger charge is 2.16. The Bertz CT molecular complexity index is 336. The minimum Gasteiger partial charge on any atom is -0.394 e. The summed E-state index contributed by atoms with van der Waals surface area (Å²) in [5.41, 5.74) is 0. The molecule has 0 aliphatic heterocycles. The van der Waals surface area contributed by atoms with Crippen LogP contribution in [0.5, 0.6) is 0 Å². The summed E-state index contributed by atoms with van der Waals surface area (Å²) in [4.78, 5) is 13.1. The lowest BCUT2D eigenvalue weighted by atomic mass is 10.1. The summed E-state index contributed by atoms with van der Waals surface area (Å²) in [7, 11) is 0. The van der Waals surface area contributed by atoms with Crippen LogP contribution in [0.1, 0.15) is 23.5 Å². The van der Waals surface area contributed by atoms with Crippen LogP contribution in [0, 0.1) is 5.92 Å². The van der Waals surface area contributed by atoms with Gasteiger partial charge < -0.3 is 10.4 Å². The number of carbonyl (C=O) groups excluding carboxylic acids is 1. The molecule has 2 N–H and O–H groups in total. The van der Waals surface area contributed by atoms with E-state index in [1.165, 1.54) is 11.3 Å². The smallest absolute Gasteiger partial charge is 0.261 e. The Labute approximate surface area is 98.9 Å². The Hall–Kier alpha value is -0.520. The van der Waals surface area contributed by atoms with Gasteiger partial charge in [-0.2, -0.15) is 0 Å². The molecule has 0 aliphatic rings. The quantitative estimate of drug-likeness (QED) is 0.708. The Morgan fingerprint density at radius 3 is 2.73 bits per heavy atom. The first-order valence-corrected chi connectivity index (χ1v) is 6.06. The second-order valence-corrected chi connectivity index (χ2v) is 5.10. The van der Waals surface area contributed by atoms with Crippen LogP contribution < -0.4 is 5.32 Å². The third-order valence-electron chi connectivity index (χ3n) is 2.13. The van der Waals surface area contributed by atoms with E-state index >= 15 is 0 Å². The van der Waals surface area contributed by atoms with Gasteiger partial charge in [0, 0.05) is 10.3 Å². The monoisotopic (exact) mass is 245 g/mol. The van der Waals surface area contributed by atoms with E-state index in [-0.39, 0.29) is 24.5 Å². The molecule has 0 fully saturated rings. The lowest BCUT2D eigenvalue weighted by molar-refractivity contribution is 0.0901. The van der Waals surface area contributed by atoms with Gasteiger partial charge in [-0.05, 0) is 12.0 Å². The molecule has 0 spiro atoms. The van der Waals surface area contributed by atoms with Crippen LogP contribution in [0.25, 0.3) is 0 Å². The number of thiophene rings is 1. The highest BCUT2D eigenvalue weighted by Crippen LogP contribution is 2.17. The highest BCUT2D eigenvalue weighted by atomic mass is 32.1. The number of hydrogen-bond donors (Lipinski definition) is 3. The first kappa shape index (κ1) is 12.5. The average Bonchev–Trinajstić information content (AvgIpc) is 2.60. The van der Waals surface area contributed by atoms with Crippen LogP contribution in [0.2, 0.25) is 0 Å². The third kappa shape index (κ3) is 3.52. The minimum absolute atomic E-state index is 0.0392. The van der Waals surface area contributed by atoms with Crippen LogP contribution in [-0.2, 0) is 0 Å². The zero-order chi connectivity index (χ0) is 11.4. The van der Waals surface area contributed by atoms with Crippen molar-refractivity contribution in [2.24, 2.45) is 5.92 Å². The van der Waals surface area contributed by atoms with E-state index in [9.17, 15) is 4.79 Å². The molecule has 1 heterocycles. The standard InChI is InChI=1S/C10H15NO2S2/c1-6(2)8(4-12)11-10(13)9-3-7(14)5-15-9/h3,5-6,8,12,14H,4H2,1-2H3,(H,11,13). The van der Waals surface area contributed by atoms with Crippen LogP contribution in [0.4, 0.5) is 0 Å². The zero-order valence-corrected chi connectivity index (χ0v) is 10.4. The number of carbonyl (C=O) groups is 1. The number of hydrogen-bond acceptors (Lipinski definition) is 4. The molecule has 0 saturated heterocycles. The van der Waals surface area contributed by atoms with Crippen molar-refractivity contribution in [2.45, 2.75) is 24.8 Å². The molecule has 15 heavy (non-hydrogen) atoms. The molecule has 1 unspecified atom stereocenters. The molecule has 5 heteroatoms. The summed E-state index contributed by atoms with van der Waals surface area (Å²) in [5.74, 6) is 0.0717.